The summed E-state index contributed by atoms with van der Waals surface area (Å²) in [4.78, 5) is 21.4. The Morgan fingerprint density at radius 1 is 1.38 bits per heavy atom. The molecular formula is C16H24N4O. The van der Waals surface area contributed by atoms with E-state index in [9.17, 15) is 4.79 Å². The molecule has 0 aliphatic carbocycles. The van der Waals surface area contributed by atoms with Crippen molar-refractivity contribution in [2.45, 2.75) is 25.3 Å². The molecule has 0 aromatic carbocycles. The van der Waals surface area contributed by atoms with E-state index in [1.807, 2.05) is 18.0 Å². The first-order chi connectivity index (χ1) is 10.2. The maximum Gasteiger partial charge on any atom is 0.257 e. The Labute approximate surface area is 126 Å². The number of aromatic nitrogens is 1. The fraction of sp³-hybridized carbons (Fsp3) is 0.625. The van der Waals surface area contributed by atoms with Crippen LogP contribution in [0.3, 0.4) is 0 Å². The number of nitrogens with zero attached hydrogens (tertiary/aromatic N) is 3. The number of anilines is 1. The van der Waals surface area contributed by atoms with Crippen molar-refractivity contribution < 1.29 is 4.79 Å². The van der Waals surface area contributed by atoms with Crippen molar-refractivity contribution in [3.8, 4) is 0 Å². The molecular weight excluding hydrogens is 264 g/mol. The predicted octanol–water partition coefficient (Wildman–Crippen LogP) is 1.68. The van der Waals surface area contributed by atoms with Gasteiger partial charge in [-0.3, -0.25) is 9.78 Å². The van der Waals surface area contributed by atoms with E-state index in [1.54, 1.807) is 12.4 Å². The molecule has 2 atom stereocenters. The molecule has 1 aromatic rings. The highest BCUT2D eigenvalue weighted by Gasteiger charge is 2.36. The second-order valence-electron chi connectivity index (χ2n) is 6.16. The molecule has 0 radical (unpaired) electrons. The Bertz CT molecular complexity index is 519. The van der Waals surface area contributed by atoms with Gasteiger partial charge in [0.1, 0.15) is 0 Å². The van der Waals surface area contributed by atoms with E-state index in [0.717, 1.165) is 25.2 Å². The zero-order valence-electron chi connectivity index (χ0n) is 12.9. The molecule has 2 unspecified atom stereocenters. The summed E-state index contributed by atoms with van der Waals surface area (Å²) in [5, 5.41) is 3.08. The molecule has 114 valence electrons. The lowest BCUT2D eigenvalue weighted by atomic mass is 9.84. The fourth-order valence-corrected chi connectivity index (χ4v) is 3.79. The monoisotopic (exact) mass is 288 g/mol. The lowest BCUT2D eigenvalue weighted by Crippen LogP contribution is -2.53. The summed E-state index contributed by atoms with van der Waals surface area (Å²) in [6, 6.07) is 2.51. The molecule has 0 bridgehead atoms. The predicted molar refractivity (Wildman–Crippen MR) is 83.4 cm³/mol. The van der Waals surface area contributed by atoms with E-state index < -0.39 is 0 Å². The maximum atomic E-state index is 12.8. The van der Waals surface area contributed by atoms with Crippen molar-refractivity contribution >= 4 is 11.6 Å². The molecule has 2 fully saturated rings. The second-order valence-corrected chi connectivity index (χ2v) is 6.16. The highest BCUT2D eigenvalue weighted by atomic mass is 16.2. The largest absolute Gasteiger partial charge is 0.387 e. The van der Waals surface area contributed by atoms with Gasteiger partial charge in [-0.15, -0.1) is 0 Å². The zero-order chi connectivity index (χ0) is 14.8. The summed E-state index contributed by atoms with van der Waals surface area (Å²) in [6.45, 7) is 2.93. The van der Waals surface area contributed by atoms with Crippen LogP contribution in [0.4, 0.5) is 5.69 Å². The minimum absolute atomic E-state index is 0.110. The molecule has 2 aliphatic rings. The Balaban J connectivity index is 1.74. The fourth-order valence-electron chi connectivity index (χ4n) is 3.79. The summed E-state index contributed by atoms with van der Waals surface area (Å²) in [7, 11) is 4.06. The Morgan fingerprint density at radius 3 is 3.05 bits per heavy atom. The van der Waals surface area contributed by atoms with Crippen LogP contribution >= 0.6 is 0 Å². The standard InChI is InChI=1S/C16H24N4O/c1-17-14-5-7-18-10-13(14)16(21)20-9-6-15-12(11-20)4-3-8-19(15)2/h5,7,10,12,15H,3-4,6,8-9,11H2,1-2H3,(H,17,18). The SMILES string of the molecule is CNc1ccncc1C(=O)N1CCC2C(CCCN2C)C1. The molecule has 5 nitrogen and oxygen atoms in total. The van der Waals surface area contributed by atoms with Crippen LogP contribution < -0.4 is 5.32 Å². The highest BCUT2D eigenvalue weighted by Crippen LogP contribution is 2.30. The Hall–Kier alpha value is -1.62. The van der Waals surface area contributed by atoms with Gasteiger partial charge in [0.15, 0.2) is 0 Å². The average Bonchev–Trinajstić information content (AvgIpc) is 2.54. The minimum atomic E-state index is 0.110. The number of rotatable bonds is 2. The lowest BCUT2D eigenvalue weighted by Gasteiger charge is -2.46. The molecule has 2 aliphatic heterocycles. The van der Waals surface area contributed by atoms with Gasteiger partial charge in [0.05, 0.1) is 5.56 Å². The number of hydrogen-bond acceptors (Lipinski definition) is 4. The molecule has 3 rings (SSSR count). The van der Waals surface area contributed by atoms with Crippen LogP contribution in [0.2, 0.25) is 0 Å². The Kier molecular flexibility index (Phi) is 4.10. The van der Waals surface area contributed by atoms with E-state index in [-0.39, 0.29) is 5.91 Å². The highest BCUT2D eigenvalue weighted by molar-refractivity contribution is 5.99. The molecule has 3 heterocycles. The smallest absolute Gasteiger partial charge is 0.257 e. The van der Waals surface area contributed by atoms with Gasteiger partial charge in [-0.05, 0) is 44.8 Å². The van der Waals surface area contributed by atoms with Crippen LogP contribution in [0, 0.1) is 5.92 Å². The first-order valence-corrected chi connectivity index (χ1v) is 7.82. The molecule has 0 spiro atoms. The van der Waals surface area contributed by atoms with Crippen LogP contribution in [-0.4, -0.2) is 60.5 Å². The average molecular weight is 288 g/mol. The van der Waals surface area contributed by atoms with Gasteiger partial charge in [0, 0.05) is 44.3 Å². The lowest BCUT2D eigenvalue weighted by molar-refractivity contribution is 0.0317. The van der Waals surface area contributed by atoms with Gasteiger partial charge in [0.25, 0.3) is 5.91 Å². The number of carbonyl (C=O) groups is 1. The van der Waals surface area contributed by atoms with Crippen molar-refractivity contribution in [2.24, 2.45) is 5.92 Å². The van der Waals surface area contributed by atoms with Gasteiger partial charge in [0.2, 0.25) is 0 Å². The first kappa shape index (κ1) is 14.3. The topological polar surface area (TPSA) is 48.5 Å². The summed E-state index contributed by atoms with van der Waals surface area (Å²) in [6.07, 6.45) is 6.96. The minimum Gasteiger partial charge on any atom is -0.387 e. The normalized spacial score (nSPS) is 26.3. The van der Waals surface area contributed by atoms with Crippen molar-refractivity contribution in [3.63, 3.8) is 0 Å². The van der Waals surface area contributed by atoms with E-state index in [2.05, 4.69) is 22.2 Å². The number of hydrogen-bond donors (Lipinski definition) is 1. The third kappa shape index (κ3) is 2.75. The van der Waals surface area contributed by atoms with Crippen molar-refractivity contribution in [2.75, 3.05) is 39.0 Å². The van der Waals surface area contributed by atoms with Crippen LogP contribution in [-0.2, 0) is 0 Å². The van der Waals surface area contributed by atoms with Gasteiger partial charge >= 0.3 is 0 Å². The van der Waals surface area contributed by atoms with Crippen molar-refractivity contribution in [3.05, 3.63) is 24.0 Å². The third-order valence-electron chi connectivity index (χ3n) is 4.95. The number of pyridine rings is 1. The molecule has 21 heavy (non-hydrogen) atoms. The quantitative estimate of drug-likeness (QED) is 0.899. The van der Waals surface area contributed by atoms with Gasteiger partial charge in [-0.25, -0.2) is 0 Å². The summed E-state index contributed by atoms with van der Waals surface area (Å²) in [5.41, 5.74) is 1.54. The third-order valence-corrected chi connectivity index (χ3v) is 4.95. The van der Waals surface area contributed by atoms with Crippen LogP contribution in [0.5, 0.6) is 0 Å². The van der Waals surface area contributed by atoms with Crippen LogP contribution in [0.15, 0.2) is 18.5 Å². The van der Waals surface area contributed by atoms with Crippen LogP contribution in [0.1, 0.15) is 29.6 Å². The zero-order valence-corrected chi connectivity index (χ0v) is 12.9. The maximum absolute atomic E-state index is 12.8. The van der Waals surface area contributed by atoms with E-state index in [1.165, 1.54) is 19.4 Å². The molecule has 1 aromatic heterocycles. The summed E-state index contributed by atoms with van der Waals surface area (Å²) < 4.78 is 0. The van der Waals surface area contributed by atoms with Crippen LogP contribution in [0.25, 0.3) is 0 Å². The summed E-state index contributed by atoms with van der Waals surface area (Å²) in [5.74, 6) is 0.732. The van der Waals surface area contributed by atoms with Gasteiger partial charge in [-0.2, -0.15) is 0 Å². The number of likely N-dealkylation sites (tertiary alicyclic amines) is 2. The molecule has 2 saturated heterocycles. The van der Waals surface area contributed by atoms with E-state index >= 15 is 0 Å². The summed E-state index contributed by atoms with van der Waals surface area (Å²) >= 11 is 0. The molecule has 5 heteroatoms. The Morgan fingerprint density at radius 2 is 2.24 bits per heavy atom. The number of fused-ring (bicyclic) bond motifs is 1. The number of piperidine rings is 2. The number of nitrogens with one attached hydrogen (secondary N) is 1. The molecule has 1 N–H and O–H groups in total. The second kappa shape index (κ2) is 6.02. The number of carbonyl (C=O) groups excluding carboxylic acids is 1. The van der Waals surface area contributed by atoms with E-state index in [4.69, 9.17) is 0 Å². The van der Waals surface area contributed by atoms with Crippen molar-refractivity contribution in [1.29, 1.82) is 0 Å². The van der Waals surface area contributed by atoms with E-state index in [0.29, 0.717) is 17.5 Å². The number of amides is 1. The molecule has 1 amide bonds. The first-order valence-electron chi connectivity index (χ1n) is 7.82. The van der Waals surface area contributed by atoms with Gasteiger partial charge < -0.3 is 15.1 Å². The van der Waals surface area contributed by atoms with Gasteiger partial charge in [-0.1, -0.05) is 0 Å². The van der Waals surface area contributed by atoms with Crippen molar-refractivity contribution in [1.82, 2.24) is 14.8 Å². The molecule has 0 saturated carbocycles.